The number of pyridine rings is 1. The zero-order valence-corrected chi connectivity index (χ0v) is 9.60. The molecule has 0 atom stereocenters. The van der Waals surface area contributed by atoms with E-state index in [4.69, 9.17) is 4.74 Å². The highest BCUT2D eigenvalue weighted by Crippen LogP contribution is 2.18. The van der Waals surface area contributed by atoms with Crippen LogP contribution in [0, 0.1) is 0 Å². The number of nitrogens with zero attached hydrogens (tertiary/aromatic N) is 1. The molecule has 0 fully saturated rings. The molecule has 0 saturated carbocycles. The normalized spacial score (nSPS) is 11.2. The third kappa shape index (κ3) is 2.84. The summed E-state index contributed by atoms with van der Waals surface area (Å²) >= 11 is 0. The van der Waals surface area contributed by atoms with Gasteiger partial charge in [-0.2, -0.15) is 4.98 Å². The molecule has 0 aliphatic rings. The van der Waals surface area contributed by atoms with Crippen LogP contribution in [-0.2, 0) is 0 Å². The van der Waals surface area contributed by atoms with E-state index in [1.54, 1.807) is 18.2 Å². The molecule has 5 heteroatoms. The van der Waals surface area contributed by atoms with Crippen LogP contribution in [0.1, 0.15) is 13.3 Å². The third-order valence-electron chi connectivity index (χ3n) is 2.61. The maximum Gasteiger partial charge on any atom is 0.214 e. The van der Waals surface area contributed by atoms with E-state index < -0.39 is 5.54 Å². The molecule has 0 spiro atoms. The van der Waals surface area contributed by atoms with Crippen LogP contribution in [0.15, 0.2) is 18.2 Å². The van der Waals surface area contributed by atoms with Crippen molar-refractivity contribution in [3.63, 3.8) is 0 Å². The molecular weight excluding hydrogens is 208 g/mol. The van der Waals surface area contributed by atoms with Gasteiger partial charge in [-0.1, -0.05) is 13.0 Å². The molecule has 16 heavy (non-hydrogen) atoms. The van der Waals surface area contributed by atoms with Crippen molar-refractivity contribution in [2.24, 2.45) is 0 Å². The fourth-order valence-electron chi connectivity index (χ4n) is 1.31. The van der Waals surface area contributed by atoms with Crippen molar-refractivity contribution in [3.8, 4) is 5.88 Å². The lowest BCUT2D eigenvalue weighted by Gasteiger charge is -2.30. The van der Waals surface area contributed by atoms with Gasteiger partial charge in [0.1, 0.15) is 5.82 Å². The minimum Gasteiger partial charge on any atom is -0.481 e. The van der Waals surface area contributed by atoms with E-state index >= 15 is 0 Å². The minimum absolute atomic E-state index is 0.154. The van der Waals surface area contributed by atoms with E-state index in [9.17, 15) is 10.2 Å². The molecule has 0 bridgehead atoms. The predicted octanol–water partition coefficient (Wildman–Crippen LogP) is 0.635. The quantitative estimate of drug-likeness (QED) is 0.663. The van der Waals surface area contributed by atoms with Gasteiger partial charge in [0.25, 0.3) is 0 Å². The zero-order valence-electron chi connectivity index (χ0n) is 9.60. The van der Waals surface area contributed by atoms with Gasteiger partial charge in [-0.15, -0.1) is 0 Å². The van der Waals surface area contributed by atoms with E-state index in [2.05, 4.69) is 10.3 Å². The van der Waals surface area contributed by atoms with Crippen LogP contribution in [0.5, 0.6) is 5.88 Å². The molecule has 0 aliphatic heterocycles. The molecule has 0 saturated heterocycles. The number of aliphatic hydroxyl groups is 2. The Labute approximate surface area is 95.1 Å². The summed E-state index contributed by atoms with van der Waals surface area (Å²) in [6.07, 6.45) is 0.596. The Bertz CT molecular complexity index is 318. The van der Waals surface area contributed by atoms with Gasteiger partial charge in [0, 0.05) is 6.07 Å². The first-order chi connectivity index (χ1) is 7.69. The summed E-state index contributed by atoms with van der Waals surface area (Å²) in [6, 6.07) is 5.29. The van der Waals surface area contributed by atoms with Crippen molar-refractivity contribution < 1.29 is 14.9 Å². The summed E-state index contributed by atoms with van der Waals surface area (Å²) in [7, 11) is 1.54. The Balaban J connectivity index is 2.84. The SMILES string of the molecule is CCC(CO)(CO)Nc1cccc(OC)n1. The molecule has 1 rings (SSSR count). The first-order valence-electron chi connectivity index (χ1n) is 5.20. The van der Waals surface area contributed by atoms with Crippen LogP contribution in [0.25, 0.3) is 0 Å². The fraction of sp³-hybridized carbons (Fsp3) is 0.545. The molecule has 0 aromatic carbocycles. The summed E-state index contributed by atoms with van der Waals surface area (Å²) in [6.45, 7) is 1.58. The van der Waals surface area contributed by atoms with E-state index in [-0.39, 0.29) is 13.2 Å². The number of aromatic nitrogens is 1. The van der Waals surface area contributed by atoms with Gasteiger partial charge in [-0.05, 0) is 12.5 Å². The lowest BCUT2D eigenvalue weighted by Crippen LogP contribution is -2.45. The lowest BCUT2D eigenvalue weighted by atomic mass is 9.98. The number of anilines is 1. The topological polar surface area (TPSA) is 74.6 Å². The molecule has 0 aliphatic carbocycles. The average Bonchev–Trinajstić information content (AvgIpc) is 2.36. The fourth-order valence-corrected chi connectivity index (χ4v) is 1.31. The van der Waals surface area contributed by atoms with Crippen LogP contribution >= 0.6 is 0 Å². The largest absolute Gasteiger partial charge is 0.481 e. The second-order valence-corrected chi connectivity index (χ2v) is 3.64. The number of aliphatic hydroxyl groups excluding tert-OH is 2. The first-order valence-corrected chi connectivity index (χ1v) is 5.20. The highest BCUT2D eigenvalue weighted by atomic mass is 16.5. The van der Waals surface area contributed by atoms with E-state index in [0.29, 0.717) is 18.1 Å². The van der Waals surface area contributed by atoms with Gasteiger partial charge in [-0.25, -0.2) is 0 Å². The first kappa shape index (κ1) is 12.7. The summed E-state index contributed by atoms with van der Waals surface area (Å²) < 4.78 is 4.99. The van der Waals surface area contributed by atoms with Crippen molar-refractivity contribution >= 4 is 5.82 Å². The number of ether oxygens (including phenoxy) is 1. The minimum atomic E-state index is -0.737. The summed E-state index contributed by atoms with van der Waals surface area (Å²) in [5.41, 5.74) is -0.737. The van der Waals surface area contributed by atoms with Crippen LogP contribution in [0.3, 0.4) is 0 Å². The monoisotopic (exact) mass is 226 g/mol. The Morgan fingerprint density at radius 2 is 2.06 bits per heavy atom. The van der Waals surface area contributed by atoms with Crippen molar-refractivity contribution in [3.05, 3.63) is 18.2 Å². The second kappa shape index (κ2) is 5.67. The van der Waals surface area contributed by atoms with Crippen LogP contribution in [0.4, 0.5) is 5.82 Å². The maximum atomic E-state index is 9.28. The van der Waals surface area contributed by atoms with Gasteiger partial charge >= 0.3 is 0 Å². The van der Waals surface area contributed by atoms with Crippen molar-refractivity contribution in [2.75, 3.05) is 25.6 Å². The van der Waals surface area contributed by atoms with Crippen molar-refractivity contribution in [1.29, 1.82) is 0 Å². The summed E-state index contributed by atoms with van der Waals surface area (Å²) in [4.78, 5) is 4.16. The van der Waals surface area contributed by atoms with Gasteiger partial charge in [0.05, 0.1) is 25.9 Å². The summed E-state index contributed by atoms with van der Waals surface area (Å²) in [5, 5.41) is 21.6. The van der Waals surface area contributed by atoms with Crippen LogP contribution in [0.2, 0.25) is 0 Å². The molecule has 1 heterocycles. The molecule has 1 aromatic heterocycles. The molecule has 5 nitrogen and oxygen atoms in total. The molecule has 0 unspecified atom stereocenters. The van der Waals surface area contributed by atoms with Crippen molar-refractivity contribution in [1.82, 2.24) is 4.98 Å². The molecular formula is C11H18N2O3. The number of hydrogen-bond acceptors (Lipinski definition) is 5. The molecule has 3 N–H and O–H groups in total. The lowest BCUT2D eigenvalue weighted by molar-refractivity contribution is 0.132. The van der Waals surface area contributed by atoms with Crippen molar-refractivity contribution in [2.45, 2.75) is 18.9 Å². The average molecular weight is 226 g/mol. The molecule has 0 amide bonds. The van der Waals surface area contributed by atoms with Gasteiger partial charge in [0.2, 0.25) is 5.88 Å². The summed E-state index contributed by atoms with van der Waals surface area (Å²) in [5.74, 6) is 1.06. The van der Waals surface area contributed by atoms with Gasteiger partial charge in [-0.3, -0.25) is 0 Å². The second-order valence-electron chi connectivity index (χ2n) is 3.64. The zero-order chi connectivity index (χ0) is 12.0. The number of nitrogens with one attached hydrogen (secondary N) is 1. The maximum absolute atomic E-state index is 9.28. The van der Waals surface area contributed by atoms with E-state index in [1.807, 2.05) is 6.92 Å². The number of rotatable bonds is 6. The predicted molar refractivity (Wildman–Crippen MR) is 61.6 cm³/mol. The van der Waals surface area contributed by atoms with Gasteiger partial charge in [0.15, 0.2) is 0 Å². The standard InChI is InChI=1S/C11H18N2O3/c1-3-11(7-14,8-15)13-9-5-4-6-10(12-9)16-2/h4-6,14-15H,3,7-8H2,1-2H3,(H,12,13). The van der Waals surface area contributed by atoms with Crippen LogP contribution < -0.4 is 10.1 Å². The van der Waals surface area contributed by atoms with Gasteiger partial charge < -0.3 is 20.3 Å². The highest BCUT2D eigenvalue weighted by molar-refractivity contribution is 5.40. The van der Waals surface area contributed by atoms with Crippen LogP contribution in [-0.4, -0.2) is 41.1 Å². The highest BCUT2D eigenvalue weighted by Gasteiger charge is 2.26. The third-order valence-corrected chi connectivity index (χ3v) is 2.61. The molecule has 1 aromatic rings. The number of methoxy groups -OCH3 is 1. The smallest absolute Gasteiger partial charge is 0.214 e. The molecule has 0 radical (unpaired) electrons. The Morgan fingerprint density at radius 1 is 1.38 bits per heavy atom. The Hall–Kier alpha value is -1.33. The van der Waals surface area contributed by atoms with E-state index in [1.165, 1.54) is 7.11 Å². The molecule has 90 valence electrons. The Morgan fingerprint density at radius 3 is 2.56 bits per heavy atom. The number of hydrogen-bond donors (Lipinski definition) is 3. The van der Waals surface area contributed by atoms with E-state index in [0.717, 1.165) is 0 Å². The Kier molecular flexibility index (Phi) is 4.52.